The Morgan fingerprint density at radius 3 is 2.79 bits per heavy atom. The number of phenols is 1. The average molecular weight is 192 g/mol. The molecule has 2 aromatic rings. The first-order valence-electron chi connectivity index (χ1n) is 4.45. The topological polar surface area (TPSA) is 82.3 Å². The molecule has 1 heterocycles. The molecule has 0 atom stereocenters. The van der Waals surface area contributed by atoms with Gasteiger partial charge >= 0.3 is 0 Å². The van der Waals surface area contributed by atoms with Gasteiger partial charge in [0.05, 0.1) is 0 Å². The van der Waals surface area contributed by atoms with Crippen LogP contribution in [-0.2, 0) is 6.42 Å². The van der Waals surface area contributed by atoms with Crippen molar-refractivity contribution >= 4 is 10.9 Å². The number of aromatic hydroxyl groups is 2. The van der Waals surface area contributed by atoms with Crippen molar-refractivity contribution in [2.45, 2.75) is 6.42 Å². The van der Waals surface area contributed by atoms with Crippen LogP contribution in [0.2, 0.25) is 0 Å². The summed E-state index contributed by atoms with van der Waals surface area (Å²) < 4.78 is 0. The second kappa shape index (κ2) is 3.23. The number of fused-ring (bicyclic) bond motifs is 1. The van der Waals surface area contributed by atoms with Crippen LogP contribution in [0, 0.1) is 0 Å². The number of hydrogen-bond acceptors (Lipinski definition) is 3. The van der Waals surface area contributed by atoms with Gasteiger partial charge in [0.2, 0.25) is 0 Å². The van der Waals surface area contributed by atoms with Crippen molar-refractivity contribution in [1.82, 2.24) is 4.98 Å². The van der Waals surface area contributed by atoms with E-state index in [1.165, 1.54) is 0 Å². The largest absolute Gasteiger partial charge is 0.508 e. The zero-order valence-electron chi connectivity index (χ0n) is 7.62. The summed E-state index contributed by atoms with van der Waals surface area (Å²) in [5, 5.41) is 19.7. The van der Waals surface area contributed by atoms with E-state index in [9.17, 15) is 10.2 Å². The molecule has 5 N–H and O–H groups in total. The summed E-state index contributed by atoms with van der Waals surface area (Å²) in [5.41, 5.74) is 7.00. The second-order valence-corrected chi connectivity index (χ2v) is 3.22. The maximum Gasteiger partial charge on any atom is 0.192 e. The number of nitrogens with one attached hydrogen (secondary N) is 1. The first kappa shape index (κ1) is 8.90. The highest BCUT2D eigenvalue weighted by molar-refractivity contribution is 5.87. The van der Waals surface area contributed by atoms with Crippen LogP contribution in [-0.4, -0.2) is 21.7 Å². The van der Waals surface area contributed by atoms with Crippen LogP contribution in [0.15, 0.2) is 18.2 Å². The summed E-state index contributed by atoms with van der Waals surface area (Å²) in [6.45, 7) is 0.468. The fourth-order valence-electron chi connectivity index (χ4n) is 1.62. The van der Waals surface area contributed by atoms with Crippen molar-refractivity contribution in [3.8, 4) is 11.6 Å². The number of aromatic amines is 1. The minimum Gasteiger partial charge on any atom is -0.508 e. The lowest BCUT2D eigenvalue weighted by molar-refractivity contribution is 0.452. The zero-order chi connectivity index (χ0) is 10.1. The molecule has 0 unspecified atom stereocenters. The van der Waals surface area contributed by atoms with Gasteiger partial charge in [0, 0.05) is 16.5 Å². The predicted octanol–water partition coefficient (Wildman–Crippen LogP) is 1.08. The SMILES string of the molecule is NCCc1c(O)[nH]c2ccc(O)cc12. The van der Waals surface area contributed by atoms with E-state index in [2.05, 4.69) is 4.98 Å². The molecule has 4 nitrogen and oxygen atoms in total. The standard InChI is InChI=1S/C10H12N2O2/c11-4-3-7-8-5-6(13)1-2-9(8)12-10(7)14/h1-2,5,12-14H,3-4,11H2. The lowest BCUT2D eigenvalue weighted by atomic mass is 10.1. The molecule has 0 aliphatic heterocycles. The zero-order valence-corrected chi connectivity index (χ0v) is 7.62. The van der Waals surface area contributed by atoms with E-state index >= 15 is 0 Å². The van der Waals surface area contributed by atoms with Crippen molar-refractivity contribution in [2.75, 3.05) is 6.54 Å². The van der Waals surface area contributed by atoms with Crippen molar-refractivity contribution in [1.29, 1.82) is 0 Å². The van der Waals surface area contributed by atoms with Crippen LogP contribution in [0.1, 0.15) is 5.56 Å². The molecular formula is C10H12N2O2. The van der Waals surface area contributed by atoms with Gasteiger partial charge in [-0.15, -0.1) is 0 Å². The highest BCUT2D eigenvalue weighted by Crippen LogP contribution is 2.29. The van der Waals surface area contributed by atoms with Crippen molar-refractivity contribution in [3.63, 3.8) is 0 Å². The normalized spacial score (nSPS) is 10.9. The molecule has 4 heteroatoms. The summed E-state index contributed by atoms with van der Waals surface area (Å²) >= 11 is 0. The average Bonchev–Trinajstić information content (AvgIpc) is 2.45. The van der Waals surface area contributed by atoms with Crippen LogP contribution in [0.4, 0.5) is 0 Å². The van der Waals surface area contributed by atoms with E-state index in [4.69, 9.17) is 5.73 Å². The van der Waals surface area contributed by atoms with Crippen molar-refractivity contribution < 1.29 is 10.2 Å². The Hall–Kier alpha value is -1.68. The van der Waals surface area contributed by atoms with Gasteiger partial charge in [0.15, 0.2) is 5.88 Å². The summed E-state index contributed by atoms with van der Waals surface area (Å²) in [4.78, 5) is 2.83. The third-order valence-electron chi connectivity index (χ3n) is 2.26. The minimum atomic E-state index is 0.135. The van der Waals surface area contributed by atoms with Gasteiger partial charge in [-0.25, -0.2) is 0 Å². The van der Waals surface area contributed by atoms with Crippen molar-refractivity contribution in [3.05, 3.63) is 23.8 Å². The summed E-state index contributed by atoms with van der Waals surface area (Å²) in [7, 11) is 0. The van der Waals surface area contributed by atoms with Gasteiger partial charge in [-0.2, -0.15) is 0 Å². The molecule has 0 fully saturated rings. The third kappa shape index (κ3) is 1.29. The van der Waals surface area contributed by atoms with E-state index < -0.39 is 0 Å². The Balaban J connectivity index is 2.66. The summed E-state index contributed by atoms with van der Waals surface area (Å²) in [6.07, 6.45) is 0.593. The lowest BCUT2D eigenvalue weighted by Gasteiger charge is -1.97. The second-order valence-electron chi connectivity index (χ2n) is 3.22. The molecule has 0 saturated carbocycles. The van der Waals surface area contributed by atoms with E-state index in [-0.39, 0.29) is 11.6 Å². The van der Waals surface area contributed by atoms with Crippen LogP contribution in [0.25, 0.3) is 10.9 Å². The highest BCUT2D eigenvalue weighted by atomic mass is 16.3. The molecule has 2 rings (SSSR count). The molecule has 1 aromatic heterocycles. The molecular weight excluding hydrogens is 180 g/mol. The molecule has 0 saturated heterocycles. The van der Waals surface area contributed by atoms with Gasteiger partial charge in [0.25, 0.3) is 0 Å². The fraction of sp³-hybridized carbons (Fsp3) is 0.200. The number of hydrogen-bond donors (Lipinski definition) is 4. The molecule has 0 amide bonds. The first-order valence-corrected chi connectivity index (χ1v) is 4.45. The summed E-state index contributed by atoms with van der Waals surface area (Å²) in [5.74, 6) is 0.325. The Morgan fingerprint density at radius 2 is 2.07 bits per heavy atom. The molecule has 0 radical (unpaired) electrons. The Morgan fingerprint density at radius 1 is 1.29 bits per heavy atom. The van der Waals surface area contributed by atoms with Crippen LogP contribution in [0.3, 0.4) is 0 Å². The van der Waals surface area contributed by atoms with E-state index in [0.29, 0.717) is 13.0 Å². The maximum absolute atomic E-state index is 9.56. The molecule has 0 aliphatic carbocycles. The molecule has 74 valence electrons. The van der Waals surface area contributed by atoms with Gasteiger partial charge in [-0.1, -0.05) is 0 Å². The fourth-order valence-corrected chi connectivity index (χ4v) is 1.62. The number of rotatable bonds is 2. The number of H-pyrrole nitrogens is 1. The van der Waals surface area contributed by atoms with Gasteiger partial charge in [0.1, 0.15) is 5.75 Å². The minimum absolute atomic E-state index is 0.135. The third-order valence-corrected chi connectivity index (χ3v) is 2.26. The predicted molar refractivity (Wildman–Crippen MR) is 54.4 cm³/mol. The van der Waals surface area contributed by atoms with Crippen molar-refractivity contribution in [2.24, 2.45) is 5.73 Å². The van der Waals surface area contributed by atoms with Gasteiger partial charge in [-0.05, 0) is 31.2 Å². The van der Waals surface area contributed by atoms with Crippen LogP contribution >= 0.6 is 0 Å². The molecule has 14 heavy (non-hydrogen) atoms. The molecule has 0 bridgehead atoms. The quantitative estimate of drug-likeness (QED) is 0.574. The Bertz CT molecular complexity index is 462. The maximum atomic E-state index is 9.56. The van der Waals surface area contributed by atoms with E-state index in [1.807, 2.05) is 0 Å². The molecule has 0 spiro atoms. The summed E-state index contributed by atoms with van der Waals surface area (Å²) in [6, 6.07) is 4.92. The Labute approximate surface area is 81.0 Å². The van der Waals surface area contributed by atoms with Gasteiger partial charge in [-0.3, -0.25) is 0 Å². The van der Waals surface area contributed by atoms with Crippen LogP contribution < -0.4 is 5.73 Å². The number of benzene rings is 1. The number of nitrogens with two attached hydrogens (primary N) is 1. The first-order chi connectivity index (χ1) is 6.72. The van der Waals surface area contributed by atoms with Gasteiger partial charge < -0.3 is 20.9 Å². The number of phenolic OH excluding ortho intramolecular Hbond substituents is 1. The smallest absolute Gasteiger partial charge is 0.192 e. The highest BCUT2D eigenvalue weighted by Gasteiger charge is 2.09. The Kier molecular flexibility index (Phi) is 2.05. The van der Waals surface area contributed by atoms with Crippen LogP contribution in [0.5, 0.6) is 11.6 Å². The van der Waals surface area contributed by atoms with E-state index in [1.54, 1.807) is 18.2 Å². The lowest BCUT2D eigenvalue weighted by Crippen LogP contribution is -2.02. The van der Waals surface area contributed by atoms with E-state index in [0.717, 1.165) is 16.5 Å². The number of aromatic nitrogens is 1. The molecule has 1 aromatic carbocycles. The molecule has 0 aliphatic rings. The monoisotopic (exact) mass is 192 g/mol.